The van der Waals surface area contributed by atoms with E-state index in [-0.39, 0.29) is 10.3 Å². The largest absolute Gasteiger partial charge is 0.284 e. The molecule has 5 nitrogen and oxygen atoms in total. The molecule has 1 aliphatic rings. The number of fused-ring (bicyclic) bond motifs is 4. The van der Waals surface area contributed by atoms with E-state index in [0.717, 1.165) is 28.1 Å². The lowest BCUT2D eigenvalue weighted by Gasteiger charge is -2.28. The SMILES string of the molecule is CC1(C)Cc2c(sc3nc4n(-c5ccccc5)cnn4c(=O)c23)CS1. The molecule has 0 atom stereocenters. The number of rotatable bonds is 1. The van der Waals surface area contributed by atoms with Crippen LogP contribution in [0.4, 0.5) is 0 Å². The van der Waals surface area contributed by atoms with Gasteiger partial charge in [-0.1, -0.05) is 32.0 Å². The maximum absolute atomic E-state index is 13.1. The molecule has 7 heteroatoms. The Hall–Kier alpha value is -2.12. The highest BCUT2D eigenvalue weighted by atomic mass is 32.2. The van der Waals surface area contributed by atoms with Crippen LogP contribution in [0.25, 0.3) is 21.7 Å². The number of thiophene rings is 1. The molecule has 0 aliphatic carbocycles. The minimum absolute atomic E-state index is 0.0603. The van der Waals surface area contributed by atoms with Crippen LogP contribution >= 0.6 is 23.1 Å². The van der Waals surface area contributed by atoms with Crippen molar-refractivity contribution in [1.29, 1.82) is 0 Å². The van der Waals surface area contributed by atoms with Crippen LogP contribution in [0.5, 0.6) is 0 Å². The third kappa shape index (κ3) is 2.26. The van der Waals surface area contributed by atoms with Crippen LogP contribution in [0.2, 0.25) is 0 Å². The Bertz CT molecular complexity index is 1170. The number of para-hydroxylation sites is 1. The molecule has 1 aliphatic heterocycles. The van der Waals surface area contributed by atoms with Crippen molar-refractivity contribution in [3.8, 4) is 5.69 Å². The van der Waals surface area contributed by atoms with Crippen molar-refractivity contribution in [2.75, 3.05) is 0 Å². The summed E-state index contributed by atoms with van der Waals surface area (Å²) < 4.78 is 3.44. The Morgan fingerprint density at radius 2 is 2.00 bits per heavy atom. The second-order valence-electron chi connectivity index (χ2n) is 6.87. The van der Waals surface area contributed by atoms with Gasteiger partial charge in [-0.25, -0.2) is 4.98 Å². The fourth-order valence-electron chi connectivity index (χ4n) is 3.36. The smallest absolute Gasteiger partial charge is 0.267 e. The number of nitrogens with zero attached hydrogens (tertiary/aromatic N) is 4. The molecule has 0 amide bonds. The van der Waals surface area contributed by atoms with Gasteiger partial charge in [0, 0.05) is 15.4 Å². The molecule has 0 N–H and O–H groups in total. The Balaban J connectivity index is 1.81. The molecule has 0 saturated heterocycles. The third-order valence-corrected chi connectivity index (χ3v) is 7.27. The lowest BCUT2D eigenvalue weighted by Crippen LogP contribution is -2.24. The molecule has 1 aromatic carbocycles. The first-order chi connectivity index (χ1) is 12.0. The van der Waals surface area contributed by atoms with Gasteiger partial charge in [0.2, 0.25) is 5.78 Å². The van der Waals surface area contributed by atoms with E-state index in [9.17, 15) is 4.79 Å². The van der Waals surface area contributed by atoms with Crippen LogP contribution in [-0.2, 0) is 12.2 Å². The highest BCUT2D eigenvalue weighted by Gasteiger charge is 2.31. The molecule has 126 valence electrons. The molecule has 25 heavy (non-hydrogen) atoms. The highest BCUT2D eigenvalue weighted by Crippen LogP contribution is 2.43. The van der Waals surface area contributed by atoms with E-state index in [0.29, 0.717) is 5.78 Å². The number of aromatic nitrogens is 4. The van der Waals surface area contributed by atoms with Gasteiger partial charge in [-0.15, -0.1) is 23.1 Å². The van der Waals surface area contributed by atoms with Gasteiger partial charge in [0.25, 0.3) is 5.56 Å². The average molecular weight is 368 g/mol. The quantitative estimate of drug-likeness (QED) is 0.514. The first-order valence-corrected chi connectivity index (χ1v) is 9.94. The standard InChI is InChI=1S/C18H16N4OS2/c1-18(2)8-12-13(9-24-18)25-15-14(12)16(23)22-17(20-15)21(10-19-22)11-6-4-3-5-7-11/h3-7,10H,8-9H2,1-2H3. The van der Waals surface area contributed by atoms with E-state index in [1.807, 2.05) is 46.7 Å². The normalized spacial score (nSPS) is 16.4. The van der Waals surface area contributed by atoms with E-state index in [1.165, 1.54) is 15.0 Å². The topological polar surface area (TPSA) is 52.2 Å². The van der Waals surface area contributed by atoms with Crippen molar-refractivity contribution < 1.29 is 0 Å². The lowest BCUT2D eigenvalue weighted by molar-refractivity contribution is 0.699. The zero-order valence-corrected chi connectivity index (χ0v) is 15.5. The molecule has 5 rings (SSSR count). The van der Waals surface area contributed by atoms with Gasteiger partial charge in [-0.05, 0) is 24.1 Å². The van der Waals surface area contributed by atoms with Crippen molar-refractivity contribution in [1.82, 2.24) is 19.2 Å². The summed E-state index contributed by atoms with van der Waals surface area (Å²) in [5.41, 5.74) is 2.06. The maximum atomic E-state index is 13.1. The van der Waals surface area contributed by atoms with Crippen LogP contribution in [0, 0.1) is 0 Å². The maximum Gasteiger partial charge on any atom is 0.284 e. The Morgan fingerprint density at radius 1 is 1.20 bits per heavy atom. The average Bonchev–Trinajstić information content (AvgIpc) is 3.16. The summed E-state index contributed by atoms with van der Waals surface area (Å²) in [6.07, 6.45) is 2.56. The molecule has 4 aromatic rings. The highest BCUT2D eigenvalue weighted by molar-refractivity contribution is 8.00. The Labute approximate surface area is 152 Å². The Morgan fingerprint density at radius 3 is 2.80 bits per heavy atom. The molecule has 0 bridgehead atoms. The molecule has 0 unspecified atom stereocenters. The minimum atomic E-state index is -0.0603. The summed E-state index contributed by atoms with van der Waals surface area (Å²) in [4.78, 5) is 20.0. The molecule has 4 heterocycles. The lowest BCUT2D eigenvalue weighted by atomic mass is 10.00. The fraction of sp³-hybridized carbons (Fsp3) is 0.278. The van der Waals surface area contributed by atoms with Crippen LogP contribution in [0.15, 0.2) is 41.5 Å². The van der Waals surface area contributed by atoms with Crippen molar-refractivity contribution in [2.45, 2.75) is 30.8 Å². The first-order valence-electron chi connectivity index (χ1n) is 8.13. The summed E-state index contributed by atoms with van der Waals surface area (Å²) in [7, 11) is 0. The summed E-state index contributed by atoms with van der Waals surface area (Å²) in [5.74, 6) is 1.51. The molecular weight excluding hydrogens is 352 g/mol. The van der Waals surface area contributed by atoms with E-state index >= 15 is 0 Å². The van der Waals surface area contributed by atoms with Crippen molar-refractivity contribution in [3.05, 3.63) is 57.5 Å². The van der Waals surface area contributed by atoms with Gasteiger partial charge >= 0.3 is 0 Å². The van der Waals surface area contributed by atoms with Gasteiger partial charge in [-0.2, -0.15) is 9.61 Å². The van der Waals surface area contributed by atoms with Crippen LogP contribution in [-0.4, -0.2) is 23.9 Å². The van der Waals surface area contributed by atoms with Gasteiger partial charge in [0.15, 0.2) is 0 Å². The number of hydrogen-bond acceptors (Lipinski definition) is 5. The zero-order valence-electron chi connectivity index (χ0n) is 13.9. The number of benzene rings is 1. The molecular formula is C18H16N4OS2. The van der Waals surface area contributed by atoms with Crippen molar-refractivity contribution in [2.24, 2.45) is 0 Å². The third-order valence-electron chi connectivity index (χ3n) is 4.60. The molecule has 0 fully saturated rings. The Kier molecular flexibility index (Phi) is 3.15. The summed E-state index contributed by atoms with van der Waals surface area (Å²) >= 11 is 3.59. The first kappa shape index (κ1) is 15.2. The van der Waals surface area contributed by atoms with E-state index in [1.54, 1.807) is 17.7 Å². The van der Waals surface area contributed by atoms with Crippen LogP contribution in [0.3, 0.4) is 0 Å². The predicted molar refractivity (Wildman–Crippen MR) is 103 cm³/mol. The van der Waals surface area contributed by atoms with E-state index in [4.69, 9.17) is 4.98 Å². The van der Waals surface area contributed by atoms with Gasteiger partial charge in [-0.3, -0.25) is 9.36 Å². The molecule has 3 aromatic heterocycles. The number of hydrogen-bond donors (Lipinski definition) is 0. The van der Waals surface area contributed by atoms with Crippen molar-refractivity contribution >= 4 is 39.1 Å². The van der Waals surface area contributed by atoms with E-state index < -0.39 is 0 Å². The molecule has 0 spiro atoms. The van der Waals surface area contributed by atoms with Crippen LogP contribution < -0.4 is 5.56 Å². The molecule has 0 radical (unpaired) electrons. The molecule has 0 saturated carbocycles. The minimum Gasteiger partial charge on any atom is -0.267 e. The summed E-state index contributed by atoms with van der Waals surface area (Å²) in [6, 6.07) is 9.86. The monoisotopic (exact) mass is 368 g/mol. The van der Waals surface area contributed by atoms with E-state index in [2.05, 4.69) is 18.9 Å². The van der Waals surface area contributed by atoms with Gasteiger partial charge in [0.05, 0.1) is 11.1 Å². The summed E-state index contributed by atoms with van der Waals surface area (Å²) in [6.45, 7) is 4.47. The number of thioether (sulfide) groups is 1. The predicted octanol–water partition coefficient (Wildman–Crippen LogP) is 3.66. The van der Waals surface area contributed by atoms with Gasteiger partial charge in [0.1, 0.15) is 11.2 Å². The summed E-state index contributed by atoms with van der Waals surface area (Å²) in [5, 5.41) is 5.07. The van der Waals surface area contributed by atoms with Crippen LogP contribution in [0.1, 0.15) is 24.3 Å². The zero-order chi connectivity index (χ0) is 17.2. The van der Waals surface area contributed by atoms with Crippen molar-refractivity contribution in [3.63, 3.8) is 0 Å². The second kappa shape index (κ2) is 5.19. The van der Waals surface area contributed by atoms with Gasteiger partial charge < -0.3 is 0 Å². The fourth-order valence-corrected chi connectivity index (χ4v) is 5.68. The second-order valence-corrected chi connectivity index (χ2v) is 9.64.